The van der Waals surface area contributed by atoms with Crippen molar-refractivity contribution in [1.29, 1.82) is 0 Å². The van der Waals surface area contributed by atoms with Gasteiger partial charge in [0.15, 0.2) is 11.6 Å². The number of hydrogen-bond acceptors (Lipinski definition) is 4. The quantitative estimate of drug-likeness (QED) is 0.656. The zero-order chi connectivity index (χ0) is 17.9. The molecule has 0 spiro atoms. The Morgan fingerprint density at radius 3 is 2.42 bits per heavy atom. The molecule has 1 aliphatic carbocycles. The van der Waals surface area contributed by atoms with Crippen molar-refractivity contribution in [1.82, 2.24) is 0 Å². The number of carbonyl (C=O) groups excluding carboxylic acids is 2. The molecule has 0 aliphatic heterocycles. The topological polar surface area (TPSA) is 63.6 Å². The number of hydrogen-bond donors (Lipinski definition) is 1. The average Bonchev–Trinajstić information content (AvgIpc) is 2.57. The number of aliphatic hydroxyl groups excluding tert-OH is 1. The number of aliphatic hydroxyl groups is 1. The van der Waals surface area contributed by atoms with Crippen molar-refractivity contribution in [3.8, 4) is 0 Å². The summed E-state index contributed by atoms with van der Waals surface area (Å²) in [6.45, 7) is 5.24. The van der Waals surface area contributed by atoms with Gasteiger partial charge in [-0.1, -0.05) is 43.3 Å². The van der Waals surface area contributed by atoms with Crippen LogP contribution in [0.3, 0.4) is 0 Å². The molecule has 0 saturated carbocycles. The summed E-state index contributed by atoms with van der Waals surface area (Å²) in [5, 5.41) is 10.5. The Labute approximate surface area is 142 Å². The Bertz CT molecular complexity index is 749. The van der Waals surface area contributed by atoms with E-state index in [0.29, 0.717) is 17.8 Å². The summed E-state index contributed by atoms with van der Waals surface area (Å²) in [5.74, 6) is -0.801. The molecule has 0 heterocycles. The van der Waals surface area contributed by atoms with E-state index in [2.05, 4.69) is 0 Å². The minimum atomic E-state index is -0.988. The predicted octanol–water partition coefficient (Wildman–Crippen LogP) is 4.00. The highest BCUT2D eigenvalue weighted by atomic mass is 16.5. The monoisotopic (exact) mass is 326 g/mol. The van der Waals surface area contributed by atoms with Gasteiger partial charge in [-0.05, 0) is 31.9 Å². The van der Waals surface area contributed by atoms with Gasteiger partial charge in [0.1, 0.15) is 17.1 Å². The molecule has 0 radical (unpaired) electrons. The van der Waals surface area contributed by atoms with Gasteiger partial charge in [-0.15, -0.1) is 0 Å². The molecule has 2 rings (SSSR count). The first-order valence-electron chi connectivity index (χ1n) is 7.88. The van der Waals surface area contributed by atoms with Crippen molar-refractivity contribution in [2.75, 3.05) is 7.11 Å². The Balaban J connectivity index is 2.47. The molecule has 1 aliphatic rings. The Morgan fingerprint density at radius 1 is 1.25 bits per heavy atom. The van der Waals surface area contributed by atoms with Crippen molar-refractivity contribution in [2.45, 2.75) is 27.2 Å². The third-order valence-electron chi connectivity index (χ3n) is 4.19. The van der Waals surface area contributed by atoms with Crippen LogP contribution in [0.15, 0.2) is 59.1 Å². The summed E-state index contributed by atoms with van der Waals surface area (Å²) in [4.78, 5) is 25.3. The maximum absolute atomic E-state index is 12.8. The molecule has 4 heteroatoms. The second-order valence-corrected chi connectivity index (χ2v) is 6.15. The van der Waals surface area contributed by atoms with Crippen LogP contribution in [0.5, 0.6) is 0 Å². The number of carbonyl (C=O) groups is 2. The SMILES string of the molecule is CCC1=C(OC)C(C)(C)C(=O)C(C(=O)/C=C/c2ccccc2)=C1O. The molecule has 4 nitrogen and oxygen atoms in total. The molecule has 1 aromatic carbocycles. The highest BCUT2D eigenvalue weighted by molar-refractivity contribution is 6.28. The number of ketones is 2. The van der Waals surface area contributed by atoms with E-state index in [4.69, 9.17) is 4.74 Å². The maximum Gasteiger partial charge on any atom is 0.193 e. The second kappa shape index (κ2) is 6.87. The number of benzene rings is 1. The molecule has 0 saturated heterocycles. The molecule has 0 atom stereocenters. The standard InChI is InChI=1S/C20H22O4/c1-5-14-17(22)16(18(23)20(2,3)19(14)24-4)15(21)12-11-13-9-7-6-8-10-13/h6-12,22H,5H2,1-4H3/b12-11+. The van der Waals surface area contributed by atoms with Gasteiger partial charge < -0.3 is 9.84 Å². The van der Waals surface area contributed by atoms with Crippen LogP contribution in [0.4, 0.5) is 0 Å². The van der Waals surface area contributed by atoms with E-state index in [9.17, 15) is 14.7 Å². The largest absolute Gasteiger partial charge is 0.507 e. The van der Waals surface area contributed by atoms with Crippen molar-refractivity contribution < 1.29 is 19.4 Å². The molecule has 0 bridgehead atoms. The van der Waals surface area contributed by atoms with Crippen LogP contribution < -0.4 is 0 Å². The van der Waals surface area contributed by atoms with Gasteiger partial charge in [0, 0.05) is 5.57 Å². The van der Waals surface area contributed by atoms with Crippen LogP contribution in [0.1, 0.15) is 32.8 Å². The molecule has 1 N–H and O–H groups in total. The minimum Gasteiger partial charge on any atom is -0.507 e. The highest BCUT2D eigenvalue weighted by Gasteiger charge is 2.44. The van der Waals surface area contributed by atoms with E-state index >= 15 is 0 Å². The first-order valence-corrected chi connectivity index (χ1v) is 7.88. The van der Waals surface area contributed by atoms with Crippen LogP contribution in [0.25, 0.3) is 6.08 Å². The summed E-state index contributed by atoms with van der Waals surface area (Å²) in [6.07, 6.45) is 3.41. The number of rotatable bonds is 5. The van der Waals surface area contributed by atoms with Crippen LogP contribution in [-0.4, -0.2) is 23.8 Å². The lowest BCUT2D eigenvalue weighted by atomic mass is 9.73. The van der Waals surface area contributed by atoms with Gasteiger partial charge in [0.05, 0.1) is 12.5 Å². The maximum atomic E-state index is 12.8. The van der Waals surface area contributed by atoms with Crippen LogP contribution in [0, 0.1) is 5.41 Å². The summed E-state index contributed by atoms with van der Waals surface area (Å²) < 4.78 is 5.34. The zero-order valence-corrected chi connectivity index (χ0v) is 14.4. The van der Waals surface area contributed by atoms with E-state index in [-0.39, 0.29) is 11.3 Å². The van der Waals surface area contributed by atoms with Gasteiger partial charge in [0.2, 0.25) is 0 Å². The molecule has 0 unspecified atom stereocenters. The molecular weight excluding hydrogens is 304 g/mol. The van der Waals surface area contributed by atoms with Crippen molar-refractivity contribution >= 4 is 17.6 Å². The lowest BCUT2D eigenvalue weighted by molar-refractivity contribution is -0.126. The van der Waals surface area contributed by atoms with Gasteiger partial charge >= 0.3 is 0 Å². The molecule has 0 fully saturated rings. The lowest BCUT2D eigenvalue weighted by Gasteiger charge is -2.32. The van der Waals surface area contributed by atoms with Gasteiger partial charge in [0.25, 0.3) is 0 Å². The predicted molar refractivity (Wildman–Crippen MR) is 93.3 cm³/mol. The molecule has 0 aromatic heterocycles. The van der Waals surface area contributed by atoms with Crippen molar-refractivity contribution in [2.24, 2.45) is 5.41 Å². The first-order chi connectivity index (χ1) is 11.3. The van der Waals surface area contributed by atoms with Crippen LogP contribution in [-0.2, 0) is 14.3 Å². The molecule has 0 amide bonds. The van der Waals surface area contributed by atoms with Crippen molar-refractivity contribution in [3.63, 3.8) is 0 Å². The van der Waals surface area contributed by atoms with E-state index in [1.165, 1.54) is 13.2 Å². The second-order valence-electron chi connectivity index (χ2n) is 6.15. The number of allylic oxidation sites excluding steroid dienone is 4. The molecular formula is C20H22O4. The smallest absolute Gasteiger partial charge is 0.193 e. The Morgan fingerprint density at radius 2 is 1.88 bits per heavy atom. The third kappa shape index (κ3) is 3.04. The highest BCUT2D eigenvalue weighted by Crippen LogP contribution is 2.41. The van der Waals surface area contributed by atoms with E-state index in [0.717, 1.165) is 5.56 Å². The Kier molecular flexibility index (Phi) is 5.07. The van der Waals surface area contributed by atoms with E-state index in [1.807, 2.05) is 37.3 Å². The number of Topliss-reactive ketones (excluding diaryl/α,β-unsaturated/α-hetero) is 1. The van der Waals surface area contributed by atoms with Gasteiger partial charge in [-0.2, -0.15) is 0 Å². The molecule has 126 valence electrons. The summed E-state index contributed by atoms with van der Waals surface area (Å²) in [6, 6.07) is 9.30. The summed E-state index contributed by atoms with van der Waals surface area (Å²) in [7, 11) is 1.47. The lowest BCUT2D eigenvalue weighted by Crippen LogP contribution is -2.36. The fourth-order valence-corrected chi connectivity index (χ4v) is 2.91. The van der Waals surface area contributed by atoms with Gasteiger partial charge in [-0.3, -0.25) is 9.59 Å². The number of ether oxygens (including phenoxy) is 1. The van der Waals surface area contributed by atoms with E-state index in [1.54, 1.807) is 19.9 Å². The normalized spacial score (nSPS) is 17.6. The van der Waals surface area contributed by atoms with Crippen LogP contribution in [0.2, 0.25) is 0 Å². The third-order valence-corrected chi connectivity index (χ3v) is 4.19. The average molecular weight is 326 g/mol. The van der Waals surface area contributed by atoms with E-state index < -0.39 is 17.0 Å². The first kappa shape index (κ1) is 17.7. The Hall–Kier alpha value is -2.62. The van der Waals surface area contributed by atoms with Gasteiger partial charge in [-0.25, -0.2) is 0 Å². The number of methoxy groups -OCH3 is 1. The minimum absolute atomic E-state index is 0.176. The molecule has 1 aromatic rings. The summed E-state index contributed by atoms with van der Waals surface area (Å²) in [5.41, 5.74) is 0.179. The van der Waals surface area contributed by atoms with Crippen molar-refractivity contribution in [3.05, 3.63) is 64.6 Å². The van der Waals surface area contributed by atoms with Crippen LogP contribution >= 0.6 is 0 Å². The fraction of sp³-hybridized carbons (Fsp3) is 0.300. The molecule has 24 heavy (non-hydrogen) atoms. The zero-order valence-electron chi connectivity index (χ0n) is 14.4. The summed E-state index contributed by atoms with van der Waals surface area (Å²) >= 11 is 0. The fourth-order valence-electron chi connectivity index (χ4n) is 2.91.